The summed E-state index contributed by atoms with van der Waals surface area (Å²) in [6.07, 6.45) is 2.15. The van der Waals surface area contributed by atoms with E-state index in [-0.39, 0.29) is 24.6 Å². The highest BCUT2D eigenvalue weighted by Crippen LogP contribution is 2.13. The van der Waals surface area contributed by atoms with Crippen LogP contribution in [0.5, 0.6) is 0 Å². The van der Waals surface area contributed by atoms with Gasteiger partial charge in [0.2, 0.25) is 5.91 Å². The normalized spacial score (nSPS) is 21.5. The van der Waals surface area contributed by atoms with E-state index < -0.39 is 0 Å². The quantitative estimate of drug-likeness (QED) is 0.908. The summed E-state index contributed by atoms with van der Waals surface area (Å²) in [4.78, 5) is 27.4. The van der Waals surface area contributed by atoms with Crippen molar-refractivity contribution in [2.75, 3.05) is 26.4 Å². The second kappa shape index (κ2) is 6.79. The Balaban J connectivity index is 1.49. The van der Waals surface area contributed by atoms with E-state index in [9.17, 15) is 9.59 Å². The zero-order valence-electron chi connectivity index (χ0n) is 12.5. The van der Waals surface area contributed by atoms with Gasteiger partial charge in [-0.05, 0) is 18.4 Å². The molecular formula is C16H21N3O3. The molecule has 2 fully saturated rings. The summed E-state index contributed by atoms with van der Waals surface area (Å²) in [6.45, 7) is 2.31. The van der Waals surface area contributed by atoms with E-state index in [0.29, 0.717) is 19.8 Å². The number of rotatable bonds is 4. The van der Waals surface area contributed by atoms with Crippen LogP contribution in [0.15, 0.2) is 30.3 Å². The molecule has 0 aromatic heterocycles. The number of nitrogens with one attached hydrogen (secondary N) is 1. The molecule has 3 amide bonds. The second-order valence-corrected chi connectivity index (χ2v) is 5.74. The van der Waals surface area contributed by atoms with Crippen molar-refractivity contribution < 1.29 is 14.3 Å². The Bertz CT molecular complexity index is 529. The Labute approximate surface area is 130 Å². The molecule has 22 heavy (non-hydrogen) atoms. The van der Waals surface area contributed by atoms with Crippen molar-refractivity contribution in [2.24, 2.45) is 0 Å². The summed E-state index contributed by atoms with van der Waals surface area (Å²) < 4.78 is 5.48. The van der Waals surface area contributed by atoms with E-state index in [4.69, 9.17) is 4.74 Å². The molecule has 0 aliphatic carbocycles. The van der Waals surface area contributed by atoms with Crippen LogP contribution in [-0.2, 0) is 16.1 Å². The predicted molar refractivity (Wildman–Crippen MR) is 80.9 cm³/mol. The Morgan fingerprint density at radius 1 is 1.32 bits per heavy atom. The minimum absolute atomic E-state index is 0.0175. The lowest BCUT2D eigenvalue weighted by molar-refractivity contribution is -0.127. The molecule has 118 valence electrons. The van der Waals surface area contributed by atoms with Gasteiger partial charge in [-0.3, -0.25) is 9.69 Å². The maximum atomic E-state index is 12.1. The van der Waals surface area contributed by atoms with Gasteiger partial charge in [-0.25, -0.2) is 4.79 Å². The van der Waals surface area contributed by atoms with Gasteiger partial charge in [0.05, 0.1) is 12.8 Å². The second-order valence-electron chi connectivity index (χ2n) is 5.74. The molecule has 1 unspecified atom stereocenters. The fourth-order valence-corrected chi connectivity index (χ4v) is 2.79. The Hall–Kier alpha value is -2.08. The van der Waals surface area contributed by atoms with E-state index in [1.807, 2.05) is 30.3 Å². The monoisotopic (exact) mass is 303 g/mol. The van der Waals surface area contributed by atoms with Gasteiger partial charge in [0.25, 0.3) is 0 Å². The molecular weight excluding hydrogens is 282 g/mol. The van der Waals surface area contributed by atoms with Gasteiger partial charge >= 0.3 is 6.03 Å². The van der Waals surface area contributed by atoms with E-state index in [1.54, 1.807) is 9.80 Å². The minimum atomic E-state index is -0.195. The molecule has 0 saturated carbocycles. The summed E-state index contributed by atoms with van der Waals surface area (Å²) in [5.74, 6) is -0.0175. The van der Waals surface area contributed by atoms with Crippen LogP contribution < -0.4 is 5.32 Å². The predicted octanol–water partition coefficient (Wildman–Crippen LogP) is 1.18. The third-order valence-electron chi connectivity index (χ3n) is 4.03. The number of carbonyl (C=O) groups is 2. The van der Waals surface area contributed by atoms with Crippen LogP contribution in [0.2, 0.25) is 0 Å². The molecule has 0 spiro atoms. The van der Waals surface area contributed by atoms with E-state index in [1.165, 1.54) is 0 Å². The molecule has 2 saturated heterocycles. The van der Waals surface area contributed by atoms with Gasteiger partial charge in [-0.1, -0.05) is 30.3 Å². The summed E-state index contributed by atoms with van der Waals surface area (Å²) in [7, 11) is 0. The largest absolute Gasteiger partial charge is 0.376 e. The first-order chi connectivity index (χ1) is 10.7. The van der Waals surface area contributed by atoms with Crippen LogP contribution in [-0.4, -0.2) is 54.2 Å². The molecule has 2 heterocycles. The van der Waals surface area contributed by atoms with Crippen molar-refractivity contribution in [3.05, 3.63) is 35.9 Å². The van der Waals surface area contributed by atoms with Crippen LogP contribution in [0, 0.1) is 0 Å². The third kappa shape index (κ3) is 3.57. The van der Waals surface area contributed by atoms with Gasteiger partial charge in [-0.2, -0.15) is 0 Å². The number of carbonyl (C=O) groups excluding carboxylic acids is 2. The van der Waals surface area contributed by atoms with Crippen molar-refractivity contribution >= 4 is 11.9 Å². The molecule has 2 aliphatic rings. The topological polar surface area (TPSA) is 61.9 Å². The Morgan fingerprint density at radius 2 is 2.14 bits per heavy atom. The molecule has 1 N–H and O–H groups in total. The fourth-order valence-electron chi connectivity index (χ4n) is 2.79. The molecule has 6 heteroatoms. The molecule has 1 aromatic carbocycles. The molecule has 3 rings (SSSR count). The first kappa shape index (κ1) is 14.8. The number of amides is 3. The SMILES string of the molecule is O=C1CN(C(=O)NCC2CCCO2)CN1Cc1ccccc1. The zero-order valence-corrected chi connectivity index (χ0v) is 12.5. The van der Waals surface area contributed by atoms with Crippen molar-refractivity contribution in [3.8, 4) is 0 Å². The number of ether oxygens (including phenoxy) is 1. The van der Waals surface area contributed by atoms with Gasteiger partial charge in [-0.15, -0.1) is 0 Å². The first-order valence-corrected chi connectivity index (χ1v) is 7.68. The number of benzene rings is 1. The smallest absolute Gasteiger partial charge is 0.319 e. The van der Waals surface area contributed by atoms with Crippen molar-refractivity contribution in [1.82, 2.24) is 15.1 Å². The molecule has 0 radical (unpaired) electrons. The van der Waals surface area contributed by atoms with Gasteiger partial charge in [0, 0.05) is 19.7 Å². The number of nitrogens with zero attached hydrogens (tertiary/aromatic N) is 2. The maximum absolute atomic E-state index is 12.1. The maximum Gasteiger partial charge on any atom is 0.319 e. The highest BCUT2D eigenvalue weighted by Gasteiger charge is 2.31. The average Bonchev–Trinajstić information content (AvgIpc) is 3.16. The lowest BCUT2D eigenvalue weighted by Crippen LogP contribution is -2.42. The molecule has 6 nitrogen and oxygen atoms in total. The van der Waals surface area contributed by atoms with Crippen LogP contribution in [0.1, 0.15) is 18.4 Å². The van der Waals surface area contributed by atoms with E-state index >= 15 is 0 Å². The van der Waals surface area contributed by atoms with Crippen LogP contribution >= 0.6 is 0 Å². The molecule has 0 bridgehead atoms. The summed E-state index contributed by atoms with van der Waals surface area (Å²) in [5.41, 5.74) is 1.07. The van der Waals surface area contributed by atoms with Crippen LogP contribution in [0.3, 0.4) is 0 Å². The summed E-state index contributed by atoms with van der Waals surface area (Å²) in [6, 6.07) is 9.60. The van der Waals surface area contributed by atoms with Crippen LogP contribution in [0.25, 0.3) is 0 Å². The van der Waals surface area contributed by atoms with Crippen molar-refractivity contribution in [1.29, 1.82) is 0 Å². The highest BCUT2D eigenvalue weighted by atomic mass is 16.5. The fraction of sp³-hybridized carbons (Fsp3) is 0.500. The number of hydrogen-bond acceptors (Lipinski definition) is 3. The van der Waals surface area contributed by atoms with Crippen LogP contribution in [0.4, 0.5) is 4.79 Å². The molecule has 2 aliphatic heterocycles. The first-order valence-electron chi connectivity index (χ1n) is 7.68. The molecule has 1 atom stereocenters. The highest BCUT2D eigenvalue weighted by molar-refractivity contribution is 5.87. The lowest BCUT2D eigenvalue weighted by atomic mass is 10.2. The number of urea groups is 1. The van der Waals surface area contributed by atoms with Crippen molar-refractivity contribution in [3.63, 3.8) is 0 Å². The van der Waals surface area contributed by atoms with E-state index in [0.717, 1.165) is 25.0 Å². The van der Waals surface area contributed by atoms with Gasteiger partial charge < -0.3 is 15.0 Å². The Kier molecular flexibility index (Phi) is 4.58. The lowest BCUT2D eigenvalue weighted by Gasteiger charge is -2.19. The molecule has 1 aromatic rings. The van der Waals surface area contributed by atoms with E-state index in [2.05, 4.69) is 5.32 Å². The number of hydrogen-bond donors (Lipinski definition) is 1. The summed E-state index contributed by atoms with van der Waals surface area (Å²) >= 11 is 0. The minimum Gasteiger partial charge on any atom is -0.376 e. The van der Waals surface area contributed by atoms with Crippen molar-refractivity contribution in [2.45, 2.75) is 25.5 Å². The standard InChI is InChI=1S/C16H21N3O3/c20-15-11-19(16(21)17-9-14-7-4-8-22-14)12-18(15)10-13-5-2-1-3-6-13/h1-3,5-6,14H,4,7-12H2,(H,17,21). The Morgan fingerprint density at radius 3 is 2.86 bits per heavy atom. The average molecular weight is 303 g/mol. The zero-order chi connectivity index (χ0) is 15.4. The van der Waals surface area contributed by atoms with Gasteiger partial charge in [0.15, 0.2) is 0 Å². The third-order valence-corrected chi connectivity index (χ3v) is 4.03. The summed E-state index contributed by atoms with van der Waals surface area (Å²) in [5, 5.41) is 2.85. The van der Waals surface area contributed by atoms with Gasteiger partial charge in [0.1, 0.15) is 6.54 Å².